The Hall–Kier alpha value is -3.16. The first kappa shape index (κ1) is 21.1. The zero-order chi connectivity index (χ0) is 22.4. The molecular weight excluding hydrogens is 401 g/mol. The summed E-state index contributed by atoms with van der Waals surface area (Å²) >= 11 is 0. The summed E-state index contributed by atoms with van der Waals surface area (Å²) < 4.78 is 15.7. The standard InChI is InChI=1S/C23H26FN3O4/c1-12-4-7-15(17(24)8-12)9-25-22(30)16-10-27-18-11-26(14(3)6-5-13(18)2)23(31)19(27)21(29)20(16)28/h4,7-8,10,13-14,18,29H,5-6,9,11H2,1-3H3,(H,25,30)/t13-,14+,18-/m1/s1. The number of benzene rings is 1. The number of hydrogen-bond acceptors (Lipinski definition) is 4. The Bertz CT molecular complexity index is 1130. The Labute approximate surface area is 179 Å². The van der Waals surface area contributed by atoms with Gasteiger partial charge in [-0.05, 0) is 44.2 Å². The van der Waals surface area contributed by atoms with Crippen molar-refractivity contribution >= 4 is 11.8 Å². The highest BCUT2D eigenvalue weighted by Crippen LogP contribution is 2.37. The number of halogens is 1. The molecule has 4 rings (SSSR count). The number of hydrogen-bond donors (Lipinski definition) is 2. The number of aryl methyl sites for hydroxylation is 1. The van der Waals surface area contributed by atoms with Gasteiger partial charge in [0.05, 0.1) is 6.04 Å². The van der Waals surface area contributed by atoms with E-state index in [1.807, 2.05) is 6.92 Å². The molecule has 1 fully saturated rings. The Morgan fingerprint density at radius 2 is 2.00 bits per heavy atom. The van der Waals surface area contributed by atoms with E-state index in [1.165, 1.54) is 12.3 Å². The van der Waals surface area contributed by atoms with Crippen LogP contribution in [-0.2, 0) is 6.54 Å². The number of rotatable bonds is 3. The molecule has 2 N–H and O–H groups in total. The van der Waals surface area contributed by atoms with Crippen LogP contribution in [0.15, 0.2) is 29.2 Å². The van der Waals surface area contributed by atoms with Gasteiger partial charge >= 0.3 is 0 Å². The summed E-state index contributed by atoms with van der Waals surface area (Å²) in [6.07, 6.45) is 3.08. The van der Waals surface area contributed by atoms with Crippen LogP contribution >= 0.6 is 0 Å². The molecule has 2 aliphatic heterocycles. The first-order chi connectivity index (χ1) is 14.7. The van der Waals surface area contributed by atoms with Gasteiger partial charge in [0.15, 0.2) is 11.4 Å². The average molecular weight is 427 g/mol. The topological polar surface area (TPSA) is 91.6 Å². The lowest BCUT2D eigenvalue weighted by atomic mass is 9.95. The van der Waals surface area contributed by atoms with E-state index in [0.29, 0.717) is 12.1 Å². The molecule has 8 heteroatoms. The molecule has 7 nitrogen and oxygen atoms in total. The summed E-state index contributed by atoms with van der Waals surface area (Å²) in [6.45, 7) is 6.16. The van der Waals surface area contributed by atoms with E-state index in [4.69, 9.17) is 0 Å². The van der Waals surface area contributed by atoms with Crippen LogP contribution in [0.25, 0.3) is 0 Å². The van der Waals surface area contributed by atoms with Gasteiger partial charge in [0.2, 0.25) is 5.43 Å². The van der Waals surface area contributed by atoms with E-state index in [0.717, 1.165) is 18.4 Å². The Morgan fingerprint density at radius 3 is 2.71 bits per heavy atom. The number of nitrogens with zero attached hydrogens (tertiary/aromatic N) is 2. The molecule has 0 spiro atoms. The second-order valence-corrected chi connectivity index (χ2v) is 8.68. The molecule has 164 valence electrons. The van der Waals surface area contributed by atoms with E-state index < -0.39 is 28.8 Å². The Kier molecular flexibility index (Phi) is 5.33. The van der Waals surface area contributed by atoms with E-state index in [9.17, 15) is 23.9 Å². The van der Waals surface area contributed by atoms with Crippen LogP contribution < -0.4 is 10.7 Å². The molecular formula is C23H26FN3O4. The number of pyridine rings is 1. The van der Waals surface area contributed by atoms with Crippen molar-refractivity contribution in [3.05, 3.63) is 62.8 Å². The van der Waals surface area contributed by atoms with Gasteiger partial charge < -0.3 is 19.9 Å². The predicted molar refractivity (Wildman–Crippen MR) is 113 cm³/mol. The van der Waals surface area contributed by atoms with E-state index in [2.05, 4.69) is 12.2 Å². The van der Waals surface area contributed by atoms with Crippen molar-refractivity contribution < 1.29 is 19.1 Å². The molecule has 2 aliphatic rings. The summed E-state index contributed by atoms with van der Waals surface area (Å²) in [5, 5.41) is 13.2. The van der Waals surface area contributed by atoms with Gasteiger partial charge in [0.1, 0.15) is 11.4 Å². The van der Waals surface area contributed by atoms with Gasteiger partial charge in [0.25, 0.3) is 11.8 Å². The first-order valence-electron chi connectivity index (χ1n) is 10.5. The van der Waals surface area contributed by atoms with Crippen LogP contribution in [-0.4, -0.2) is 39.0 Å². The summed E-state index contributed by atoms with van der Waals surface area (Å²) in [7, 11) is 0. The third-order valence-electron chi connectivity index (χ3n) is 6.54. The van der Waals surface area contributed by atoms with Crippen LogP contribution in [0, 0.1) is 18.7 Å². The third-order valence-corrected chi connectivity index (χ3v) is 6.54. The maximum absolute atomic E-state index is 14.1. The van der Waals surface area contributed by atoms with Crippen LogP contribution in [0.2, 0.25) is 0 Å². The molecule has 0 saturated carbocycles. The van der Waals surface area contributed by atoms with Crippen molar-refractivity contribution in [1.82, 2.24) is 14.8 Å². The lowest BCUT2D eigenvalue weighted by molar-refractivity contribution is 0.0591. The lowest BCUT2D eigenvalue weighted by Gasteiger charge is -2.38. The van der Waals surface area contributed by atoms with Crippen molar-refractivity contribution in [3.8, 4) is 5.75 Å². The molecule has 3 heterocycles. The largest absolute Gasteiger partial charge is 0.503 e. The SMILES string of the molecule is Cc1ccc(CNC(=O)c2cn3c(c(O)c2=O)C(=O)N2C[C@@H]3[C@H](C)CC[C@@H]2C)c(F)c1. The van der Waals surface area contributed by atoms with Crippen molar-refractivity contribution in [2.45, 2.75) is 52.2 Å². The van der Waals surface area contributed by atoms with E-state index in [1.54, 1.807) is 28.5 Å². The molecule has 1 saturated heterocycles. The predicted octanol–water partition coefficient (Wildman–Crippen LogP) is 2.75. The number of carbonyl (C=O) groups is 2. The molecule has 0 aliphatic carbocycles. The van der Waals surface area contributed by atoms with E-state index in [-0.39, 0.29) is 35.8 Å². The third kappa shape index (κ3) is 3.60. The fourth-order valence-corrected chi connectivity index (χ4v) is 4.52. The molecule has 3 atom stereocenters. The van der Waals surface area contributed by atoms with E-state index >= 15 is 0 Å². The molecule has 0 unspecified atom stereocenters. The molecule has 0 radical (unpaired) electrons. The van der Waals surface area contributed by atoms with Gasteiger partial charge in [-0.25, -0.2) is 4.39 Å². The summed E-state index contributed by atoms with van der Waals surface area (Å²) in [4.78, 5) is 40.2. The average Bonchev–Trinajstić information content (AvgIpc) is 2.85. The van der Waals surface area contributed by atoms with Crippen LogP contribution in [0.4, 0.5) is 4.39 Å². The Morgan fingerprint density at radius 1 is 1.26 bits per heavy atom. The van der Waals surface area contributed by atoms with Gasteiger partial charge in [-0.2, -0.15) is 0 Å². The molecule has 31 heavy (non-hydrogen) atoms. The second kappa shape index (κ2) is 7.83. The maximum atomic E-state index is 14.1. The fourth-order valence-electron chi connectivity index (χ4n) is 4.52. The van der Waals surface area contributed by atoms with Crippen molar-refractivity contribution in [2.24, 2.45) is 5.92 Å². The smallest absolute Gasteiger partial charge is 0.274 e. The number of carbonyl (C=O) groups excluding carboxylic acids is 2. The molecule has 2 bridgehead atoms. The highest BCUT2D eigenvalue weighted by molar-refractivity contribution is 5.99. The zero-order valence-electron chi connectivity index (χ0n) is 17.8. The van der Waals surface area contributed by atoms with Gasteiger partial charge in [0, 0.05) is 30.9 Å². The molecule has 2 aromatic rings. The highest BCUT2D eigenvalue weighted by Gasteiger charge is 2.41. The number of fused-ring (bicyclic) bond motifs is 4. The van der Waals surface area contributed by atoms with Gasteiger partial charge in [-0.1, -0.05) is 19.1 Å². The normalized spacial score (nSPS) is 22.6. The number of amides is 2. The summed E-state index contributed by atoms with van der Waals surface area (Å²) in [6, 6.07) is 4.54. The molecule has 1 aromatic carbocycles. The van der Waals surface area contributed by atoms with Crippen molar-refractivity contribution in [3.63, 3.8) is 0 Å². The monoisotopic (exact) mass is 427 g/mol. The van der Waals surface area contributed by atoms with Gasteiger partial charge in [-0.3, -0.25) is 14.4 Å². The number of aromatic nitrogens is 1. The number of nitrogens with one attached hydrogen (secondary N) is 1. The minimum atomic E-state index is -0.901. The van der Waals surface area contributed by atoms with Gasteiger partial charge in [-0.15, -0.1) is 0 Å². The highest BCUT2D eigenvalue weighted by atomic mass is 19.1. The van der Waals surface area contributed by atoms with Crippen LogP contribution in [0.1, 0.15) is 64.7 Å². The van der Waals surface area contributed by atoms with Crippen molar-refractivity contribution in [1.29, 1.82) is 0 Å². The van der Waals surface area contributed by atoms with Crippen LogP contribution in [0.3, 0.4) is 0 Å². The second-order valence-electron chi connectivity index (χ2n) is 8.68. The van der Waals surface area contributed by atoms with Crippen LogP contribution in [0.5, 0.6) is 5.75 Å². The fraction of sp³-hybridized carbons (Fsp3) is 0.435. The molecule has 1 aromatic heterocycles. The minimum absolute atomic E-state index is 0.00980. The Balaban J connectivity index is 1.69. The zero-order valence-corrected chi connectivity index (χ0v) is 17.8. The number of aromatic hydroxyl groups is 1. The lowest BCUT2D eigenvalue weighted by Crippen LogP contribution is -2.48. The molecule has 2 amide bonds. The quantitative estimate of drug-likeness (QED) is 0.788. The van der Waals surface area contributed by atoms with Crippen molar-refractivity contribution in [2.75, 3.05) is 6.54 Å². The maximum Gasteiger partial charge on any atom is 0.274 e. The summed E-state index contributed by atoms with van der Waals surface area (Å²) in [5.41, 5.74) is -0.182. The summed E-state index contributed by atoms with van der Waals surface area (Å²) in [5.74, 6) is -2.09. The minimum Gasteiger partial charge on any atom is -0.503 e. The first-order valence-corrected chi connectivity index (χ1v) is 10.5.